The standard InChI is InChI=1S/C22H21ClN2O3S/c1-15-4-12-20(13-5-15)29(27,28)25(3)21-14-17(7-6-16(21)2)22(26)24-19-10-8-18(23)9-11-19/h4-14H,1-3H3,(H,24,26). The molecule has 0 aromatic heterocycles. The van der Waals surface area contributed by atoms with Crippen molar-refractivity contribution >= 4 is 38.9 Å². The number of aryl methyl sites for hydroxylation is 2. The molecule has 0 spiro atoms. The van der Waals surface area contributed by atoms with Gasteiger partial charge in [0.15, 0.2) is 0 Å². The minimum atomic E-state index is -3.75. The molecule has 0 aliphatic carbocycles. The lowest BCUT2D eigenvalue weighted by molar-refractivity contribution is 0.102. The Hall–Kier alpha value is -2.83. The molecule has 3 aromatic rings. The average molecular weight is 429 g/mol. The Morgan fingerprint density at radius 3 is 2.17 bits per heavy atom. The number of benzene rings is 3. The second kappa shape index (κ2) is 8.27. The summed E-state index contributed by atoms with van der Waals surface area (Å²) < 4.78 is 27.2. The summed E-state index contributed by atoms with van der Waals surface area (Å²) in [5.41, 5.74) is 3.11. The highest BCUT2D eigenvalue weighted by atomic mass is 35.5. The number of amides is 1. The Bertz CT molecular complexity index is 1140. The van der Waals surface area contributed by atoms with Gasteiger partial charge in [0.2, 0.25) is 0 Å². The van der Waals surface area contributed by atoms with Crippen molar-refractivity contribution in [2.45, 2.75) is 18.7 Å². The van der Waals surface area contributed by atoms with Crippen LogP contribution in [-0.4, -0.2) is 21.4 Å². The van der Waals surface area contributed by atoms with Gasteiger partial charge in [-0.05, 0) is 67.9 Å². The monoisotopic (exact) mass is 428 g/mol. The number of rotatable bonds is 5. The highest BCUT2D eigenvalue weighted by Crippen LogP contribution is 2.27. The number of halogens is 1. The lowest BCUT2D eigenvalue weighted by Gasteiger charge is -2.22. The molecule has 7 heteroatoms. The number of nitrogens with zero attached hydrogens (tertiary/aromatic N) is 1. The fourth-order valence-corrected chi connectivity index (χ4v) is 4.20. The van der Waals surface area contributed by atoms with E-state index in [0.717, 1.165) is 11.1 Å². The van der Waals surface area contributed by atoms with E-state index in [1.807, 2.05) is 6.92 Å². The summed E-state index contributed by atoms with van der Waals surface area (Å²) in [4.78, 5) is 12.8. The van der Waals surface area contributed by atoms with Gasteiger partial charge in [0, 0.05) is 23.3 Å². The number of hydrogen-bond donors (Lipinski definition) is 1. The van der Waals surface area contributed by atoms with Crippen molar-refractivity contribution in [1.29, 1.82) is 0 Å². The normalized spacial score (nSPS) is 11.2. The van der Waals surface area contributed by atoms with E-state index in [1.165, 1.54) is 11.4 Å². The molecule has 0 atom stereocenters. The van der Waals surface area contributed by atoms with E-state index in [9.17, 15) is 13.2 Å². The second-order valence-corrected chi connectivity index (χ2v) is 9.15. The third-order valence-corrected chi connectivity index (χ3v) is 6.63. The van der Waals surface area contributed by atoms with Crippen molar-refractivity contribution in [3.05, 3.63) is 88.4 Å². The van der Waals surface area contributed by atoms with Gasteiger partial charge < -0.3 is 5.32 Å². The van der Waals surface area contributed by atoms with E-state index >= 15 is 0 Å². The van der Waals surface area contributed by atoms with Crippen LogP contribution in [0.2, 0.25) is 5.02 Å². The molecular weight excluding hydrogens is 408 g/mol. The maximum Gasteiger partial charge on any atom is 0.264 e. The van der Waals surface area contributed by atoms with Crippen molar-refractivity contribution in [2.75, 3.05) is 16.7 Å². The quantitative estimate of drug-likeness (QED) is 0.619. The molecule has 0 fully saturated rings. The maximum absolute atomic E-state index is 13.0. The van der Waals surface area contributed by atoms with Gasteiger partial charge in [0.1, 0.15) is 0 Å². The lowest BCUT2D eigenvalue weighted by atomic mass is 10.1. The second-order valence-electron chi connectivity index (χ2n) is 6.75. The third-order valence-electron chi connectivity index (χ3n) is 4.59. The number of carbonyl (C=O) groups is 1. The molecule has 0 unspecified atom stereocenters. The first-order valence-electron chi connectivity index (χ1n) is 8.91. The number of hydrogen-bond acceptors (Lipinski definition) is 3. The summed E-state index contributed by atoms with van der Waals surface area (Å²) in [6, 6.07) is 18.4. The number of sulfonamides is 1. The number of anilines is 2. The van der Waals surface area contributed by atoms with Crippen LogP contribution in [0.4, 0.5) is 11.4 Å². The third kappa shape index (κ3) is 4.60. The first-order chi connectivity index (χ1) is 13.7. The molecule has 0 heterocycles. The van der Waals surface area contributed by atoms with Crippen LogP contribution < -0.4 is 9.62 Å². The minimum Gasteiger partial charge on any atom is -0.322 e. The summed E-state index contributed by atoms with van der Waals surface area (Å²) >= 11 is 5.86. The van der Waals surface area contributed by atoms with Gasteiger partial charge in [0.25, 0.3) is 15.9 Å². The van der Waals surface area contributed by atoms with Crippen LogP contribution in [0.5, 0.6) is 0 Å². The van der Waals surface area contributed by atoms with Gasteiger partial charge in [-0.15, -0.1) is 0 Å². The molecule has 29 heavy (non-hydrogen) atoms. The first-order valence-corrected chi connectivity index (χ1v) is 10.7. The van der Waals surface area contributed by atoms with Crippen molar-refractivity contribution in [3.63, 3.8) is 0 Å². The Morgan fingerprint density at radius 2 is 1.55 bits per heavy atom. The van der Waals surface area contributed by atoms with E-state index in [1.54, 1.807) is 73.7 Å². The molecule has 0 radical (unpaired) electrons. The van der Waals surface area contributed by atoms with Gasteiger partial charge >= 0.3 is 0 Å². The van der Waals surface area contributed by atoms with Crippen molar-refractivity contribution < 1.29 is 13.2 Å². The van der Waals surface area contributed by atoms with Crippen LogP contribution in [0.3, 0.4) is 0 Å². The van der Waals surface area contributed by atoms with Gasteiger partial charge in [-0.2, -0.15) is 0 Å². The van der Waals surface area contributed by atoms with Crippen LogP contribution >= 0.6 is 11.6 Å². The van der Waals surface area contributed by atoms with Crippen molar-refractivity contribution in [3.8, 4) is 0 Å². The SMILES string of the molecule is Cc1ccc(S(=O)(=O)N(C)c2cc(C(=O)Nc3ccc(Cl)cc3)ccc2C)cc1. The molecule has 5 nitrogen and oxygen atoms in total. The van der Waals surface area contributed by atoms with E-state index in [0.29, 0.717) is 22.0 Å². The van der Waals surface area contributed by atoms with Crippen molar-refractivity contribution in [1.82, 2.24) is 0 Å². The van der Waals surface area contributed by atoms with Crippen LogP contribution in [-0.2, 0) is 10.0 Å². The summed E-state index contributed by atoms with van der Waals surface area (Å²) in [6.45, 7) is 3.70. The number of nitrogens with one attached hydrogen (secondary N) is 1. The van der Waals surface area contributed by atoms with Crippen LogP contribution in [0.1, 0.15) is 21.5 Å². The first kappa shape index (κ1) is 20.9. The van der Waals surface area contributed by atoms with E-state index < -0.39 is 10.0 Å². The van der Waals surface area contributed by atoms with Gasteiger partial charge in [-0.1, -0.05) is 35.4 Å². The molecule has 3 aromatic carbocycles. The Morgan fingerprint density at radius 1 is 0.931 bits per heavy atom. The van der Waals surface area contributed by atoms with Crippen molar-refractivity contribution in [2.24, 2.45) is 0 Å². The summed E-state index contributed by atoms with van der Waals surface area (Å²) in [5, 5.41) is 3.35. The smallest absolute Gasteiger partial charge is 0.264 e. The summed E-state index contributed by atoms with van der Waals surface area (Å²) in [7, 11) is -2.27. The molecule has 0 saturated heterocycles. The molecule has 0 bridgehead atoms. The van der Waals surface area contributed by atoms with E-state index in [-0.39, 0.29) is 10.8 Å². The van der Waals surface area contributed by atoms with Crippen LogP contribution in [0, 0.1) is 13.8 Å². The highest BCUT2D eigenvalue weighted by molar-refractivity contribution is 7.92. The average Bonchev–Trinajstić information content (AvgIpc) is 2.70. The van der Waals surface area contributed by atoms with E-state index in [2.05, 4.69) is 5.32 Å². The van der Waals surface area contributed by atoms with E-state index in [4.69, 9.17) is 11.6 Å². The molecule has 0 saturated carbocycles. The van der Waals surface area contributed by atoms with Gasteiger partial charge in [-0.25, -0.2) is 8.42 Å². The van der Waals surface area contributed by atoms with Gasteiger partial charge in [-0.3, -0.25) is 9.10 Å². The minimum absolute atomic E-state index is 0.195. The fraction of sp³-hybridized carbons (Fsp3) is 0.136. The fourth-order valence-electron chi connectivity index (χ4n) is 2.82. The molecule has 0 aliphatic rings. The zero-order valence-corrected chi connectivity index (χ0v) is 17.9. The Kier molecular flexibility index (Phi) is 5.96. The van der Waals surface area contributed by atoms with Crippen LogP contribution in [0.15, 0.2) is 71.6 Å². The van der Waals surface area contributed by atoms with Gasteiger partial charge in [0.05, 0.1) is 10.6 Å². The largest absolute Gasteiger partial charge is 0.322 e. The summed E-state index contributed by atoms with van der Waals surface area (Å²) in [6.07, 6.45) is 0. The molecule has 0 aliphatic heterocycles. The molecule has 1 N–H and O–H groups in total. The lowest BCUT2D eigenvalue weighted by Crippen LogP contribution is -2.27. The molecule has 1 amide bonds. The predicted molar refractivity (Wildman–Crippen MR) is 117 cm³/mol. The number of carbonyl (C=O) groups excluding carboxylic acids is 1. The molecule has 3 rings (SSSR count). The maximum atomic E-state index is 13.0. The zero-order valence-electron chi connectivity index (χ0n) is 16.3. The topological polar surface area (TPSA) is 66.5 Å². The Labute approximate surface area is 176 Å². The summed E-state index contributed by atoms with van der Waals surface area (Å²) in [5.74, 6) is -0.338. The molecule has 150 valence electrons. The highest BCUT2D eigenvalue weighted by Gasteiger charge is 2.23. The zero-order chi connectivity index (χ0) is 21.2. The molecular formula is C22H21ClN2O3S. The van der Waals surface area contributed by atoms with Crippen LogP contribution in [0.25, 0.3) is 0 Å². The Balaban J connectivity index is 1.90. The predicted octanol–water partition coefficient (Wildman–Crippen LogP) is 5.03.